The molecule has 2 rings (SSSR count). The molecule has 1 heterocycles. The van der Waals surface area contributed by atoms with Crippen molar-refractivity contribution in [2.45, 2.75) is 26.2 Å². The lowest BCUT2D eigenvalue weighted by Crippen LogP contribution is -2.19. The van der Waals surface area contributed by atoms with E-state index in [-0.39, 0.29) is 5.91 Å². The SMILES string of the molecule is CC(C)c1ccc(/C=N\NC(=O)Cc2cccs2)cc1. The lowest BCUT2D eigenvalue weighted by Gasteiger charge is -2.04. The molecule has 0 saturated heterocycles. The number of carbonyl (C=O) groups is 1. The fourth-order valence-electron chi connectivity index (χ4n) is 1.76. The molecule has 2 aromatic rings. The van der Waals surface area contributed by atoms with Gasteiger partial charge in [0.05, 0.1) is 12.6 Å². The Balaban J connectivity index is 1.85. The van der Waals surface area contributed by atoms with Gasteiger partial charge in [0.15, 0.2) is 0 Å². The summed E-state index contributed by atoms with van der Waals surface area (Å²) < 4.78 is 0. The van der Waals surface area contributed by atoms with Crippen LogP contribution in [0.4, 0.5) is 0 Å². The third-order valence-corrected chi connectivity index (χ3v) is 3.80. The van der Waals surface area contributed by atoms with Crippen molar-refractivity contribution >= 4 is 23.5 Å². The van der Waals surface area contributed by atoms with E-state index in [9.17, 15) is 4.79 Å². The average Bonchev–Trinajstić information content (AvgIpc) is 2.92. The maximum Gasteiger partial charge on any atom is 0.245 e. The molecule has 0 spiro atoms. The lowest BCUT2D eigenvalue weighted by atomic mass is 10.0. The van der Waals surface area contributed by atoms with Crippen molar-refractivity contribution in [3.8, 4) is 0 Å². The monoisotopic (exact) mass is 286 g/mol. The van der Waals surface area contributed by atoms with Gasteiger partial charge in [-0.2, -0.15) is 5.10 Å². The van der Waals surface area contributed by atoms with Gasteiger partial charge in [-0.05, 0) is 28.5 Å². The molecule has 0 atom stereocenters. The molecular formula is C16H18N2OS. The van der Waals surface area contributed by atoms with Crippen molar-refractivity contribution in [1.29, 1.82) is 0 Å². The quantitative estimate of drug-likeness (QED) is 0.662. The zero-order valence-electron chi connectivity index (χ0n) is 11.7. The molecule has 0 aliphatic rings. The van der Waals surface area contributed by atoms with Crippen LogP contribution in [0.2, 0.25) is 0 Å². The average molecular weight is 286 g/mol. The highest BCUT2D eigenvalue weighted by Crippen LogP contribution is 2.13. The number of hydrogen-bond acceptors (Lipinski definition) is 3. The van der Waals surface area contributed by atoms with Gasteiger partial charge in [-0.1, -0.05) is 44.2 Å². The molecule has 0 unspecified atom stereocenters. The molecule has 0 fully saturated rings. The van der Waals surface area contributed by atoms with Gasteiger partial charge >= 0.3 is 0 Å². The smallest absolute Gasteiger partial charge is 0.245 e. The Morgan fingerprint density at radius 2 is 2.05 bits per heavy atom. The highest BCUT2D eigenvalue weighted by molar-refractivity contribution is 7.10. The first-order chi connectivity index (χ1) is 9.65. The molecule has 0 bridgehead atoms. The normalized spacial score (nSPS) is 11.2. The summed E-state index contributed by atoms with van der Waals surface area (Å²) in [6.45, 7) is 4.32. The number of nitrogens with one attached hydrogen (secondary N) is 1. The first-order valence-electron chi connectivity index (χ1n) is 6.59. The Morgan fingerprint density at radius 3 is 2.65 bits per heavy atom. The molecule has 0 aliphatic carbocycles. The molecular weight excluding hydrogens is 268 g/mol. The second kappa shape index (κ2) is 7.01. The summed E-state index contributed by atoms with van der Waals surface area (Å²) in [6.07, 6.45) is 2.04. The summed E-state index contributed by atoms with van der Waals surface area (Å²) in [6, 6.07) is 12.1. The summed E-state index contributed by atoms with van der Waals surface area (Å²) in [5.41, 5.74) is 4.82. The molecule has 3 nitrogen and oxygen atoms in total. The van der Waals surface area contributed by atoms with Crippen LogP contribution >= 0.6 is 11.3 Å². The van der Waals surface area contributed by atoms with Gasteiger partial charge in [0.25, 0.3) is 0 Å². The number of benzene rings is 1. The van der Waals surface area contributed by atoms with E-state index in [4.69, 9.17) is 0 Å². The van der Waals surface area contributed by atoms with Gasteiger partial charge in [0.1, 0.15) is 0 Å². The second-order valence-corrected chi connectivity index (χ2v) is 5.90. The topological polar surface area (TPSA) is 41.5 Å². The minimum Gasteiger partial charge on any atom is -0.273 e. The maximum atomic E-state index is 11.6. The van der Waals surface area contributed by atoms with E-state index in [0.717, 1.165) is 10.4 Å². The van der Waals surface area contributed by atoms with Crippen molar-refractivity contribution in [3.05, 3.63) is 57.8 Å². The standard InChI is InChI=1S/C16H18N2OS/c1-12(2)14-7-5-13(6-8-14)11-17-18-16(19)10-15-4-3-9-20-15/h3-9,11-12H,10H2,1-2H3,(H,18,19)/b17-11-. The fraction of sp³-hybridized carbons (Fsp3) is 0.250. The van der Waals surface area contributed by atoms with Crippen LogP contribution in [0.15, 0.2) is 46.9 Å². The zero-order valence-corrected chi connectivity index (χ0v) is 12.5. The number of amides is 1. The Kier molecular flexibility index (Phi) is 5.07. The summed E-state index contributed by atoms with van der Waals surface area (Å²) in [7, 11) is 0. The van der Waals surface area contributed by atoms with Crippen LogP contribution in [-0.4, -0.2) is 12.1 Å². The largest absolute Gasteiger partial charge is 0.273 e. The third kappa shape index (κ3) is 4.31. The van der Waals surface area contributed by atoms with Gasteiger partial charge in [0.2, 0.25) is 5.91 Å². The summed E-state index contributed by atoms with van der Waals surface area (Å²) in [4.78, 5) is 12.7. The molecule has 1 N–H and O–H groups in total. The number of thiophene rings is 1. The molecule has 104 valence electrons. The molecule has 0 saturated carbocycles. The van der Waals surface area contributed by atoms with Crippen LogP contribution < -0.4 is 5.43 Å². The molecule has 0 aliphatic heterocycles. The Bertz CT molecular complexity index is 571. The van der Waals surface area contributed by atoms with E-state index in [1.54, 1.807) is 17.6 Å². The van der Waals surface area contributed by atoms with E-state index in [1.165, 1.54) is 5.56 Å². The first kappa shape index (κ1) is 14.5. The Labute approximate surface area is 123 Å². The van der Waals surface area contributed by atoms with Crippen molar-refractivity contribution < 1.29 is 4.79 Å². The molecule has 1 amide bonds. The van der Waals surface area contributed by atoms with Crippen molar-refractivity contribution in [2.24, 2.45) is 5.10 Å². The van der Waals surface area contributed by atoms with E-state index in [1.807, 2.05) is 29.6 Å². The number of nitrogens with zero attached hydrogens (tertiary/aromatic N) is 1. The van der Waals surface area contributed by atoms with Crippen LogP contribution in [0, 0.1) is 0 Å². The fourth-order valence-corrected chi connectivity index (χ4v) is 2.46. The van der Waals surface area contributed by atoms with E-state index >= 15 is 0 Å². The number of hydrazone groups is 1. The van der Waals surface area contributed by atoms with Crippen LogP contribution in [0.5, 0.6) is 0 Å². The minimum absolute atomic E-state index is 0.0949. The lowest BCUT2D eigenvalue weighted by molar-refractivity contribution is -0.120. The molecule has 1 aromatic heterocycles. The molecule has 20 heavy (non-hydrogen) atoms. The van der Waals surface area contributed by atoms with Gasteiger partial charge in [-0.25, -0.2) is 5.43 Å². The van der Waals surface area contributed by atoms with Crippen molar-refractivity contribution in [3.63, 3.8) is 0 Å². The summed E-state index contributed by atoms with van der Waals surface area (Å²) in [5.74, 6) is 0.425. The summed E-state index contributed by atoms with van der Waals surface area (Å²) >= 11 is 1.57. The number of hydrogen-bond donors (Lipinski definition) is 1. The predicted molar refractivity (Wildman–Crippen MR) is 84.3 cm³/mol. The first-order valence-corrected chi connectivity index (χ1v) is 7.47. The van der Waals surface area contributed by atoms with Crippen LogP contribution in [0.25, 0.3) is 0 Å². The van der Waals surface area contributed by atoms with E-state index < -0.39 is 0 Å². The molecule has 0 radical (unpaired) electrons. The van der Waals surface area contributed by atoms with Gasteiger partial charge in [0, 0.05) is 4.88 Å². The van der Waals surface area contributed by atoms with Crippen molar-refractivity contribution in [2.75, 3.05) is 0 Å². The van der Waals surface area contributed by atoms with Crippen LogP contribution in [0.1, 0.15) is 35.8 Å². The highest BCUT2D eigenvalue weighted by Gasteiger charge is 2.02. The predicted octanol–water partition coefficient (Wildman–Crippen LogP) is 3.56. The Hall–Kier alpha value is -1.94. The van der Waals surface area contributed by atoms with Gasteiger partial charge in [-0.3, -0.25) is 4.79 Å². The minimum atomic E-state index is -0.0949. The van der Waals surface area contributed by atoms with Crippen molar-refractivity contribution in [1.82, 2.24) is 5.43 Å². The van der Waals surface area contributed by atoms with Crippen LogP contribution in [-0.2, 0) is 11.2 Å². The summed E-state index contributed by atoms with van der Waals surface area (Å²) in [5, 5.41) is 5.94. The molecule has 1 aromatic carbocycles. The Morgan fingerprint density at radius 1 is 1.30 bits per heavy atom. The van der Waals surface area contributed by atoms with E-state index in [0.29, 0.717) is 12.3 Å². The van der Waals surface area contributed by atoms with E-state index in [2.05, 4.69) is 36.5 Å². The highest BCUT2D eigenvalue weighted by atomic mass is 32.1. The zero-order chi connectivity index (χ0) is 14.4. The maximum absolute atomic E-state index is 11.6. The molecule has 4 heteroatoms. The van der Waals surface area contributed by atoms with Crippen LogP contribution in [0.3, 0.4) is 0 Å². The second-order valence-electron chi connectivity index (χ2n) is 4.87. The van der Waals surface area contributed by atoms with Gasteiger partial charge < -0.3 is 0 Å². The third-order valence-electron chi connectivity index (χ3n) is 2.92. The van der Waals surface area contributed by atoms with Gasteiger partial charge in [-0.15, -0.1) is 11.3 Å². The number of carbonyl (C=O) groups excluding carboxylic acids is 1. The number of rotatable bonds is 5.